The van der Waals surface area contributed by atoms with Gasteiger partial charge in [-0.25, -0.2) is 0 Å². The summed E-state index contributed by atoms with van der Waals surface area (Å²) in [5, 5.41) is 19.7. The molecule has 0 heterocycles. The summed E-state index contributed by atoms with van der Waals surface area (Å²) in [5.74, 6) is -1.30. The fourth-order valence-corrected chi connectivity index (χ4v) is 3.16. The zero-order valence-electron chi connectivity index (χ0n) is 11.3. The Balaban J connectivity index is 2.49. The Labute approximate surface area is 118 Å². The van der Waals surface area contributed by atoms with E-state index in [0.717, 1.165) is 36.8 Å². The number of halogens is 1. The summed E-state index contributed by atoms with van der Waals surface area (Å²) < 4.78 is 0. The van der Waals surface area contributed by atoms with E-state index < -0.39 is 11.9 Å². The summed E-state index contributed by atoms with van der Waals surface area (Å²) in [7, 11) is 0. The Morgan fingerprint density at radius 3 is 2.47 bits per heavy atom. The molecule has 0 bridgehead atoms. The van der Waals surface area contributed by atoms with E-state index in [9.17, 15) is 9.90 Å². The molecule has 0 spiro atoms. The van der Waals surface area contributed by atoms with Crippen LogP contribution < -0.4 is 0 Å². The van der Waals surface area contributed by atoms with Gasteiger partial charge in [0.25, 0.3) is 0 Å². The summed E-state index contributed by atoms with van der Waals surface area (Å²) in [5.41, 5.74) is 3.97. The van der Waals surface area contributed by atoms with Gasteiger partial charge in [0, 0.05) is 0 Å². The molecule has 19 heavy (non-hydrogen) atoms. The van der Waals surface area contributed by atoms with Crippen LogP contribution in [-0.4, -0.2) is 16.2 Å². The first-order valence-corrected chi connectivity index (χ1v) is 7.05. The van der Waals surface area contributed by atoms with Gasteiger partial charge in [-0.1, -0.05) is 18.5 Å². The molecule has 104 valence electrons. The lowest BCUT2D eigenvalue weighted by atomic mass is 9.84. The number of phenolic OH excluding ortho intramolecular Hbond substituents is 1. The topological polar surface area (TPSA) is 57.5 Å². The molecule has 0 radical (unpaired) electrons. The highest BCUT2D eigenvalue weighted by molar-refractivity contribution is 6.33. The first kappa shape index (κ1) is 14.2. The number of hydrogen-bond acceptors (Lipinski definition) is 2. The van der Waals surface area contributed by atoms with E-state index >= 15 is 0 Å². The van der Waals surface area contributed by atoms with Gasteiger partial charge in [-0.2, -0.15) is 0 Å². The van der Waals surface area contributed by atoms with Crippen molar-refractivity contribution < 1.29 is 15.0 Å². The SMILES string of the molecule is Cc1c(CC(C)C(=O)O)c(O)c(Cl)c2c1CCCC2. The molecular weight excluding hydrogens is 264 g/mol. The first-order chi connectivity index (χ1) is 8.93. The van der Waals surface area contributed by atoms with Crippen LogP contribution in [0.3, 0.4) is 0 Å². The molecule has 0 saturated carbocycles. The molecule has 2 rings (SSSR count). The van der Waals surface area contributed by atoms with Crippen molar-refractivity contribution >= 4 is 17.6 Å². The van der Waals surface area contributed by atoms with E-state index in [-0.39, 0.29) is 5.75 Å². The molecule has 1 unspecified atom stereocenters. The number of fused-ring (bicyclic) bond motifs is 1. The van der Waals surface area contributed by atoms with Crippen LogP contribution in [0.2, 0.25) is 5.02 Å². The van der Waals surface area contributed by atoms with Gasteiger partial charge < -0.3 is 10.2 Å². The highest BCUT2D eigenvalue weighted by atomic mass is 35.5. The number of carboxylic acid groups (broad SMARTS) is 1. The van der Waals surface area contributed by atoms with E-state index in [2.05, 4.69) is 0 Å². The number of benzene rings is 1. The standard InChI is InChI=1S/C15H19ClO3/c1-8(15(18)19)7-12-9(2)10-5-3-4-6-11(10)13(16)14(12)17/h8,17H,3-7H2,1-2H3,(H,18,19). The normalized spacial score (nSPS) is 15.9. The van der Waals surface area contributed by atoms with Crippen LogP contribution in [-0.2, 0) is 24.1 Å². The van der Waals surface area contributed by atoms with Crippen LogP contribution >= 0.6 is 11.6 Å². The van der Waals surface area contributed by atoms with Gasteiger partial charge >= 0.3 is 5.97 Å². The van der Waals surface area contributed by atoms with Crippen LogP contribution in [0, 0.1) is 12.8 Å². The minimum absolute atomic E-state index is 0.0768. The van der Waals surface area contributed by atoms with Crippen molar-refractivity contribution in [1.29, 1.82) is 0 Å². The van der Waals surface area contributed by atoms with Crippen molar-refractivity contribution in [1.82, 2.24) is 0 Å². The first-order valence-electron chi connectivity index (χ1n) is 6.68. The fourth-order valence-electron chi connectivity index (χ4n) is 2.84. The molecular formula is C15H19ClO3. The molecule has 1 aromatic rings. The zero-order chi connectivity index (χ0) is 14.2. The number of carbonyl (C=O) groups is 1. The van der Waals surface area contributed by atoms with Crippen LogP contribution in [0.4, 0.5) is 0 Å². The average Bonchev–Trinajstić information content (AvgIpc) is 2.40. The molecule has 1 aliphatic carbocycles. The van der Waals surface area contributed by atoms with E-state index in [1.807, 2.05) is 6.92 Å². The Morgan fingerprint density at radius 2 is 1.89 bits per heavy atom. The van der Waals surface area contributed by atoms with Crippen LogP contribution in [0.25, 0.3) is 0 Å². The molecule has 2 N–H and O–H groups in total. The predicted molar refractivity (Wildman–Crippen MR) is 75.0 cm³/mol. The molecule has 0 aromatic heterocycles. The third-order valence-electron chi connectivity index (χ3n) is 4.06. The number of phenols is 1. The van der Waals surface area contributed by atoms with Gasteiger partial charge in [0.05, 0.1) is 10.9 Å². The van der Waals surface area contributed by atoms with E-state index in [1.54, 1.807) is 6.92 Å². The quantitative estimate of drug-likeness (QED) is 0.892. The summed E-state index contributed by atoms with van der Waals surface area (Å²) in [4.78, 5) is 11.0. The summed E-state index contributed by atoms with van der Waals surface area (Å²) in [6, 6.07) is 0. The maximum atomic E-state index is 11.0. The van der Waals surface area contributed by atoms with Gasteiger partial charge in [0.15, 0.2) is 0 Å². The summed E-state index contributed by atoms with van der Waals surface area (Å²) in [6.45, 7) is 3.61. The van der Waals surface area contributed by atoms with Gasteiger partial charge in [-0.15, -0.1) is 0 Å². The average molecular weight is 283 g/mol. The molecule has 0 amide bonds. The highest BCUT2D eigenvalue weighted by Gasteiger charge is 2.24. The van der Waals surface area contributed by atoms with Crippen molar-refractivity contribution in [2.45, 2.75) is 46.0 Å². The Morgan fingerprint density at radius 1 is 1.32 bits per heavy atom. The van der Waals surface area contributed by atoms with E-state index in [1.165, 1.54) is 5.56 Å². The highest BCUT2D eigenvalue weighted by Crippen LogP contribution is 2.41. The number of hydrogen-bond donors (Lipinski definition) is 2. The van der Waals surface area contributed by atoms with Gasteiger partial charge in [-0.3, -0.25) is 4.79 Å². The summed E-state index contributed by atoms with van der Waals surface area (Å²) in [6.07, 6.45) is 4.41. The van der Waals surface area contributed by atoms with Crippen molar-refractivity contribution in [3.8, 4) is 5.75 Å². The van der Waals surface area contributed by atoms with Gasteiger partial charge in [0.1, 0.15) is 5.75 Å². The largest absolute Gasteiger partial charge is 0.506 e. The molecule has 3 nitrogen and oxygen atoms in total. The molecule has 0 aliphatic heterocycles. The molecule has 4 heteroatoms. The third-order valence-corrected chi connectivity index (χ3v) is 4.47. The van der Waals surface area contributed by atoms with Crippen molar-refractivity contribution in [3.05, 3.63) is 27.3 Å². The maximum absolute atomic E-state index is 11.0. The minimum Gasteiger partial charge on any atom is -0.506 e. The predicted octanol–water partition coefficient (Wildman–Crippen LogP) is 3.50. The second-order valence-electron chi connectivity index (χ2n) is 5.37. The Hall–Kier alpha value is -1.22. The number of rotatable bonds is 3. The zero-order valence-corrected chi connectivity index (χ0v) is 12.0. The molecule has 0 saturated heterocycles. The lowest BCUT2D eigenvalue weighted by Crippen LogP contribution is -2.15. The second-order valence-corrected chi connectivity index (χ2v) is 5.75. The molecule has 0 fully saturated rings. The lowest BCUT2D eigenvalue weighted by molar-refractivity contribution is -0.141. The lowest BCUT2D eigenvalue weighted by Gasteiger charge is -2.24. The maximum Gasteiger partial charge on any atom is 0.306 e. The minimum atomic E-state index is -0.854. The molecule has 1 atom stereocenters. The number of carboxylic acids is 1. The summed E-state index contributed by atoms with van der Waals surface area (Å²) >= 11 is 6.25. The van der Waals surface area contributed by atoms with Gasteiger partial charge in [-0.05, 0) is 61.3 Å². The third kappa shape index (κ3) is 2.57. The smallest absolute Gasteiger partial charge is 0.306 e. The van der Waals surface area contributed by atoms with E-state index in [4.69, 9.17) is 16.7 Å². The van der Waals surface area contributed by atoms with Gasteiger partial charge in [0.2, 0.25) is 0 Å². The monoisotopic (exact) mass is 282 g/mol. The molecule has 1 aromatic carbocycles. The number of aliphatic carboxylic acids is 1. The van der Waals surface area contributed by atoms with Crippen molar-refractivity contribution in [2.24, 2.45) is 5.92 Å². The Kier molecular flexibility index (Phi) is 4.04. The van der Waals surface area contributed by atoms with Crippen molar-refractivity contribution in [3.63, 3.8) is 0 Å². The van der Waals surface area contributed by atoms with Crippen LogP contribution in [0.5, 0.6) is 5.75 Å². The van der Waals surface area contributed by atoms with Crippen molar-refractivity contribution in [2.75, 3.05) is 0 Å². The second kappa shape index (κ2) is 5.41. The number of aromatic hydroxyl groups is 1. The van der Waals surface area contributed by atoms with E-state index in [0.29, 0.717) is 17.0 Å². The fraction of sp³-hybridized carbons (Fsp3) is 0.533. The Bertz CT molecular complexity index is 523. The molecule has 1 aliphatic rings. The van der Waals surface area contributed by atoms with Crippen LogP contribution in [0.15, 0.2) is 0 Å². The van der Waals surface area contributed by atoms with Crippen LogP contribution in [0.1, 0.15) is 42.0 Å².